The maximum atomic E-state index is 12.2. The zero-order valence-electron chi connectivity index (χ0n) is 11.7. The molecule has 112 valence electrons. The van der Waals surface area contributed by atoms with Crippen LogP contribution in [0.25, 0.3) is 11.1 Å². The van der Waals surface area contributed by atoms with Crippen LogP contribution in [0.4, 0.5) is 5.13 Å². The number of oxazole rings is 1. The van der Waals surface area contributed by atoms with Crippen LogP contribution in [-0.4, -0.2) is 29.0 Å². The summed E-state index contributed by atoms with van der Waals surface area (Å²) in [7, 11) is 1.30. The molecule has 3 rings (SSSR count). The Kier molecular flexibility index (Phi) is 3.60. The van der Waals surface area contributed by atoms with Gasteiger partial charge in [0.05, 0.1) is 12.8 Å². The van der Waals surface area contributed by atoms with Gasteiger partial charge in [-0.2, -0.15) is 0 Å². The zero-order chi connectivity index (χ0) is 15.7. The Morgan fingerprint density at radius 1 is 1.36 bits per heavy atom. The SMILES string of the molecule is COC(=O)c1sc(NC(=O)c2ccc3ocnc3c2)nc1C. The van der Waals surface area contributed by atoms with Crippen molar-refractivity contribution in [1.82, 2.24) is 9.97 Å². The average molecular weight is 317 g/mol. The highest BCUT2D eigenvalue weighted by Gasteiger charge is 2.17. The molecular weight excluding hydrogens is 306 g/mol. The van der Waals surface area contributed by atoms with Gasteiger partial charge in [-0.05, 0) is 25.1 Å². The first-order valence-electron chi connectivity index (χ1n) is 6.29. The number of rotatable bonds is 3. The Labute approximate surface area is 128 Å². The quantitative estimate of drug-likeness (QED) is 0.746. The third-order valence-corrected chi connectivity index (χ3v) is 4.03. The van der Waals surface area contributed by atoms with Crippen molar-refractivity contribution in [3.8, 4) is 0 Å². The number of esters is 1. The summed E-state index contributed by atoms with van der Waals surface area (Å²) in [5, 5.41) is 2.99. The first-order chi connectivity index (χ1) is 10.6. The Balaban J connectivity index is 1.83. The van der Waals surface area contributed by atoms with Crippen molar-refractivity contribution >= 4 is 39.4 Å². The maximum Gasteiger partial charge on any atom is 0.350 e. The van der Waals surface area contributed by atoms with Crippen molar-refractivity contribution in [2.75, 3.05) is 12.4 Å². The van der Waals surface area contributed by atoms with E-state index >= 15 is 0 Å². The van der Waals surface area contributed by atoms with Gasteiger partial charge in [-0.1, -0.05) is 11.3 Å². The number of carbonyl (C=O) groups is 2. The number of hydrogen-bond acceptors (Lipinski definition) is 7. The lowest BCUT2D eigenvalue weighted by Crippen LogP contribution is -2.11. The standard InChI is InChI=1S/C14H11N3O4S/c1-7-11(13(19)20-2)22-14(16-7)17-12(18)8-3-4-10-9(5-8)15-6-21-10/h3-6H,1-2H3,(H,16,17,18). The van der Waals surface area contributed by atoms with Crippen LogP contribution >= 0.6 is 11.3 Å². The van der Waals surface area contributed by atoms with E-state index in [4.69, 9.17) is 4.42 Å². The van der Waals surface area contributed by atoms with E-state index in [-0.39, 0.29) is 5.91 Å². The molecule has 0 aliphatic carbocycles. The predicted molar refractivity (Wildman–Crippen MR) is 80.2 cm³/mol. The predicted octanol–water partition coefficient (Wildman–Crippen LogP) is 2.63. The number of amides is 1. The van der Waals surface area contributed by atoms with Crippen LogP contribution in [-0.2, 0) is 4.74 Å². The van der Waals surface area contributed by atoms with E-state index in [2.05, 4.69) is 20.0 Å². The number of carbonyl (C=O) groups excluding carboxylic acids is 2. The Morgan fingerprint density at radius 2 is 2.18 bits per heavy atom. The first kappa shape index (κ1) is 14.2. The smallest absolute Gasteiger partial charge is 0.350 e. The van der Waals surface area contributed by atoms with Crippen LogP contribution in [0.1, 0.15) is 25.7 Å². The van der Waals surface area contributed by atoms with Crippen molar-refractivity contribution < 1.29 is 18.7 Å². The fourth-order valence-corrected chi connectivity index (χ4v) is 2.78. The lowest BCUT2D eigenvalue weighted by molar-refractivity contribution is 0.0605. The molecule has 0 atom stereocenters. The number of methoxy groups -OCH3 is 1. The minimum Gasteiger partial charge on any atom is -0.465 e. The molecule has 22 heavy (non-hydrogen) atoms. The molecule has 0 aliphatic rings. The molecule has 1 amide bonds. The number of anilines is 1. The molecule has 3 aromatic rings. The number of nitrogens with one attached hydrogen (secondary N) is 1. The van der Waals surface area contributed by atoms with E-state index in [9.17, 15) is 9.59 Å². The molecule has 2 heterocycles. The first-order valence-corrected chi connectivity index (χ1v) is 7.10. The zero-order valence-corrected chi connectivity index (χ0v) is 12.6. The molecule has 0 saturated carbocycles. The summed E-state index contributed by atoms with van der Waals surface area (Å²) in [6, 6.07) is 4.92. The highest BCUT2D eigenvalue weighted by Crippen LogP contribution is 2.24. The number of hydrogen-bond donors (Lipinski definition) is 1. The van der Waals surface area contributed by atoms with Gasteiger partial charge < -0.3 is 9.15 Å². The van der Waals surface area contributed by atoms with Gasteiger partial charge in [0.15, 0.2) is 17.1 Å². The summed E-state index contributed by atoms with van der Waals surface area (Å²) in [6.07, 6.45) is 1.32. The van der Waals surface area contributed by atoms with Gasteiger partial charge in [0.2, 0.25) is 0 Å². The Hall–Kier alpha value is -2.74. The van der Waals surface area contributed by atoms with Crippen LogP contribution < -0.4 is 5.32 Å². The number of aryl methyl sites for hydroxylation is 1. The second-order valence-electron chi connectivity index (χ2n) is 4.41. The third kappa shape index (κ3) is 2.56. The van der Waals surface area contributed by atoms with Gasteiger partial charge in [-0.3, -0.25) is 10.1 Å². The number of nitrogens with zero attached hydrogens (tertiary/aromatic N) is 2. The van der Waals surface area contributed by atoms with Crippen molar-refractivity contribution in [3.05, 3.63) is 40.7 Å². The van der Waals surface area contributed by atoms with E-state index in [1.54, 1.807) is 25.1 Å². The van der Waals surface area contributed by atoms with E-state index in [1.807, 2.05) is 0 Å². The number of fused-ring (bicyclic) bond motifs is 1. The number of benzene rings is 1. The van der Waals surface area contributed by atoms with Crippen LogP contribution in [0.2, 0.25) is 0 Å². The minimum atomic E-state index is -0.473. The summed E-state index contributed by atoms with van der Waals surface area (Å²) in [5.74, 6) is -0.811. The van der Waals surface area contributed by atoms with Crippen molar-refractivity contribution in [2.45, 2.75) is 6.92 Å². The molecule has 1 aromatic carbocycles. The fraction of sp³-hybridized carbons (Fsp3) is 0.143. The molecule has 0 bridgehead atoms. The highest BCUT2D eigenvalue weighted by atomic mass is 32.1. The summed E-state index contributed by atoms with van der Waals surface area (Å²) in [5.41, 5.74) is 2.14. The molecule has 0 saturated heterocycles. The summed E-state index contributed by atoms with van der Waals surface area (Å²) in [6.45, 7) is 1.68. The normalized spacial score (nSPS) is 10.6. The van der Waals surface area contributed by atoms with Gasteiger partial charge in [-0.15, -0.1) is 0 Å². The lowest BCUT2D eigenvalue weighted by atomic mass is 10.2. The molecule has 0 fully saturated rings. The van der Waals surface area contributed by atoms with Gasteiger partial charge in [0, 0.05) is 5.56 Å². The van der Waals surface area contributed by atoms with Gasteiger partial charge >= 0.3 is 5.97 Å². The second-order valence-corrected chi connectivity index (χ2v) is 5.41. The summed E-state index contributed by atoms with van der Waals surface area (Å²) < 4.78 is 9.78. The van der Waals surface area contributed by atoms with E-state index < -0.39 is 5.97 Å². The van der Waals surface area contributed by atoms with Gasteiger partial charge in [0.1, 0.15) is 10.4 Å². The highest BCUT2D eigenvalue weighted by molar-refractivity contribution is 7.17. The van der Waals surface area contributed by atoms with Gasteiger partial charge in [-0.25, -0.2) is 14.8 Å². The topological polar surface area (TPSA) is 94.3 Å². The van der Waals surface area contributed by atoms with Crippen molar-refractivity contribution in [3.63, 3.8) is 0 Å². The molecule has 1 N–H and O–H groups in total. The summed E-state index contributed by atoms with van der Waals surface area (Å²) >= 11 is 1.07. The van der Waals surface area contributed by atoms with Gasteiger partial charge in [0.25, 0.3) is 5.91 Å². The Bertz CT molecular complexity index is 868. The van der Waals surface area contributed by atoms with E-state index in [0.29, 0.717) is 32.4 Å². The molecule has 2 aromatic heterocycles. The average Bonchev–Trinajstić information content (AvgIpc) is 3.11. The molecule has 0 spiro atoms. The Morgan fingerprint density at radius 3 is 2.95 bits per heavy atom. The number of ether oxygens (including phenoxy) is 1. The van der Waals surface area contributed by atoms with Crippen LogP contribution in [0.15, 0.2) is 29.0 Å². The van der Waals surface area contributed by atoms with Crippen LogP contribution in [0.5, 0.6) is 0 Å². The molecule has 7 nitrogen and oxygen atoms in total. The minimum absolute atomic E-state index is 0.336. The molecule has 0 radical (unpaired) electrons. The molecular formula is C14H11N3O4S. The van der Waals surface area contributed by atoms with E-state index in [0.717, 1.165) is 11.3 Å². The number of thiazole rings is 1. The fourth-order valence-electron chi connectivity index (χ4n) is 1.90. The summed E-state index contributed by atoms with van der Waals surface area (Å²) in [4.78, 5) is 32.3. The number of aromatic nitrogens is 2. The molecule has 0 unspecified atom stereocenters. The third-order valence-electron chi connectivity index (χ3n) is 2.98. The monoisotopic (exact) mass is 317 g/mol. The lowest BCUT2D eigenvalue weighted by Gasteiger charge is -2.01. The van der Waals surface area contributed by atoms with Crippen molar-refractivity contribution in [2.24, 2.45) is 0 Å². The van der Waals surface area contributed by atoms with Crippen molar-refractivity contribution in [1.29, 1.82) is 0 Å². The maximum absolute atomic E-state index is 12.2. The van der Waals surface area contributed by atoms with Crippen LogP contribution in [0, 0.1) is 6.92 Å². The van der Waals surface area contributed by atoms with E-state index in [1.165, 1.54) is 13.5 Å². The largest absolute Gasteiger partial charge is 0.465 e. The van der Waals surface area contributed by atoms with Crippen LogP contribution in [0.3, 0.4) is 0 Å². The molecule has 8 heteroatoms. The molecule has 0 aliphatic heterocycles. The second kappa shape index (κ2) is 5.57.